The van der Waals surface area contributed by atoms with Gasteiger partial charge in [-0.2, -0.15) is 9.97 Å². The molecule has 2 aromatic carbocycles. The van der Waals surface area contributed by atoms with Crippen molar-refractivity contribution in [2.45, 2.75) is 57.7 Å². The predicted octanol–water partition coefficient (Wildman–Crippen LogP) is 6.40. The molecular weight excluding hydrogens is 560 g/mol. The van der Waals surface area contributed by atoms with Crippen molar-refractivity contribution in [1.82, 2.24) is 24.8 Å². The average Bonchev–Trinajstić information content (AvgIpc) is 3.80. The summed E-state index contributed by atoms with van der Waals surface area (Å²) in [6.07, 6.45) is 8.14. The van der Waals surface area contributed by atoms with Gasteiger partial charge in [-0.15, -0.1) is 0 Å². The lowest BCUT2D eigenvalue weighted by molar-refractivity contribution is 0.0350. The number of oxazole rings is 1. The molecule has 5 aromatic rings. The predicted molar refractivity (Wildman–Crippen MR) is 167 cm³/mol. The number of nitrogens with zero attached hydrogens (tertiary/aromatic N) is 4. The molecule has 2 fully saturated rings. The zero-order valence-electron chi connectivity index (χ0n) is 25.2. The van der Waals surface area contributed by atoms with Gasteiger partial charge in [0.2, 0.25) is 11.8 Å². The molecule has 228 valence electrons. The number of carbonyl (C=O) groups is 1. The fourth-order valence-corrected chi connectivity index (χ4v) is 6.27. The van der Waals surface area contributed by atoms with Gasteiger partial charge < -0.3 is 33.8 Å². The van der Waals surface area contributed by atoms with Crippen LogP contribution < -0.4 is 14.8 Å². The largest absolute Gasteiger partial charge is 0.495 e. The minimum absolute atomic E-state index is 0.0214. The Morgan fingerprint density at radius 3 is 2.59 bits per heavy atom. The first-order valence-electron chi connectivity index (χ1n) is 15.2. The molecule has 11 nitrogen and oxygen atoms in total. The van der Waals surface area contributed by atoms with E-state index in [0.29, 0.717) is 53.5 Å². The second kappa shape index (κ2) is 11.8. The molecule has 1 saturated carbocycles. The summed E-state index contributed by atoms with van der Waals surface area (Å²) in [4.78, 5) is 32.5. The first-order chi connectivity index (χ1) is 21.5. The summed E-state index contributed by atoms with van der Waals surface area (Å²) in [5.74, 6) is 2.00. The fraction of sp³-hybridized carbons (Fsp3) is 0.394. The van der Waals surface area contributed by atoms with Crippen LogP contribution in [-0.2, 0) is 4.74 Å². The van der Waals surface area contributed by atoms with Crippen LogP contribution in [0.3, 0.4) is 0 Å². The molecule has 2 N–H and O–H groups in total. The molecular formula is C33H36N6O5. The highest BCUT2D eigenvalue weighted by atomic mass is 16.5. The van der Waals surface area contributed by atoms with E-state index in [1.54, 1.807) is 26.4 Å². The molecule has 1 aliphatic carbocycles. The van der Waals surface area contributed by atoms with Gasteiger partial charge in [-0.3, -0.25) is 4.79 Å². The Bertz CT molecular complexity index is 1820. The van der Waals surface area contributed by atoms with Crippen LogP contribution in [-0.4, -0.2) is 70.3 Å². The second-order valence-electron chi connectivity index (χ2n) is 11.5. The number of fused-ring (bicyclic) bond motifs is 2. The van der Waals surface area contributed by atoms with Gasteiger partial charge in [-0.1, -0.05) is 6.07 Å². The number of hydrogen-bond acceptors (Lipinski definition) is 9. The van der Waals surface area contributed by atoms with Gasteiger partial charge in [0, 0.05) is 44.4 Å². The van der Waals surface area contributed by atoms with Crippen molar-refractivity contribution >= 4 is 39.7 Å². The maximum absolute atomic E-state index is 13.2. The maximum atomic E-state index is 13.2. The SMILES string of the molecule is COc1cc(C(=O)N2CCC(OC)CC2)ccc1Nc1nc(OC2CCCC2)c2c(-c3ccc4nc(C)oc4c3)c[nH]c2n1. The summed E-state index contributed by atoms with van der Waals surface area (Å²) in [5.41, 5.74) is 5.27. The third-order valence-corrected chi connectivity index (χ3v) is 8.64. The van der Waals surface area contributed by atoms with Crippen LogP contribution in [0.5, 0.6) is 11.6 Å². The van der Waals surface area contributed by atoms with E-state index in [1.165, 1.54) is 0 Å². The van der Waals surface area contributed by atoms with Crippen LogP contribution in [0, 0.1) is 6.92 Å². The summed E-state index contributed by atoms with van der Waals surface area (Å²) in [5, 5.41) is 4.11. The number of piperidine rings is 1. The molecule has 3 aromatic heterocycles. The molecule has 0 unspecified atom stereocenters. The number of H-pyrrole nitrogens is 1. The Hall–Kier alpha value is -4.64. The summed E-state index contributed by atoms with van der Waals surface area (Å²) in [6.45, 7) is 3.18. The Morgan fingerprint density at radius 2 is 1.82 bits per heavy atom. The highest BCUT2D eigenvalue weighted by Gasteiger charge is 2.25. The summed E-state index contributed by atoms with van der Waals surface area (Å²) >= 11 is 0. The third kappa shape index (κ3) is 5.43. The number of hydrogen-bond donors (Lipinski definition) is 2. The molecule has 0 spiro atoms. The zero-order valence-corrected chi connectivity index (χ0v) is 25.2. The van der Waals surface area contributed by atoms with Crippen molar-refractivity contribution in [3.8, 4) is 22.8 Å². The molecule has 0 bridgehead atoms. The van der Waals surface area contributed by atoms with Gasteiger partial charge in [0.05, 0.1) is 24.3 Å². The van der Waals surface area contributed by atoms with Crippen LogP contribution in [0.25, 0.3) is 33.3 Å². The molecule has 0 radical (unpaired) electrons. The molecule has 11 heteroatoms. The monoisotopic (exact) mass is 596 g/mol. The number of aromatic amines is 1. The smallest absolute Gasteiger partial charge is 0.253 e. The number of anilines is 2. The first-order valence-corrected chi connectivity index (χ1v) is 15.2. The number of benzene rings is 2. The van der Waals surface area contributed by atoms with Gasteiger partial charge in [-0.25, -0.2) is 4.98 Å². The van der Waals surface area contributed by atoms with E-state index in [-0.39, 0.29) is 18.1 Å². The molecule has 7 rings (SSSR count). The number of carbonyl (C=O) groups excluding carboxylic acids is 1. The number of amides is 1. The van der Waals surface area contributed by atoms with Crippen LogP contribution in [0.2, 0.25) is 0 Å². The minimum atomic E-state index is -0.0214. The average molecular weight is 597 g/mol. The van der Waals surface area contributed by atoms with Gasteiger partial charge in [0.25, 0.3) is 5.91 Å². The fourth-order valence-electron chi connectivity index (χ4n) is 6.27. The van der Waals surface area contributed by atoms with E-state index < -0.39 is 0 Å². The van der Waals surface area contributed by atoms with E-state index in [2.05, 4.69) is 15.3 Å². The molecule has 4 heterocycles. The molecule has 1 amide bonds. The number of methoxy groups -OCH3 is 2. The van der Waals surface area contributed by atoms with E-state index in [0.717, 1.165) is 66.1 Å². The van der Waals surface area contributed by atoms with Crippen LogP contribution in [0.4, 0.5) is 11.6 Å². The molecule has 2 aliphatic rings. The highest BCUT2D eigenvalue weighted by Crippen LogP contribution is 2.38. The van der Waals surface area contributed by atoms with Gasteiger partial charge >= 0.3 is 0 Å². The maximum Gasteiger partial charge on any atom is 0.253 e. The number of aromatic nitrogens is 4. The van der Waals surface area contributed by atoms with E-state index in [4.69, 9.17) is 28.6 Å². The quantitative estimate of drug-likeness (QED) is 0.209. The lowest BCUT2D eigenvalue weighted by atomic mass is 10.1. The van der Waals surface area contributed by atoms with E-state index in [9.17, 15) is 4.79 Å². The van der Waals surface area contributed by atoms with Gasteiger partial charge in [0.15, 0.2) is 11.5 Å². The summed E-state index contributed by atoms with van der Waals surface area (Å²) in [6, 6.07) is 11.3. The Labute approximate surface area is 254 Å². The van der Waals surface area contributed by atoms with Crippen LogP contribution in [0.15, 0.2) is 47.0 Å². The highest BCUT2D eigenvalue weighted by molar-refractivity contribution is 5.99. The van der Waals surface area contributed by atoms with Crippen LogP contribution in [0.1, 0.15) is 54.8 Å². The topological polar surface area (TPSA) is 128 Å². The van der Waals surface area contributed by atoms with Crippen molar-refractivity contribution in [3.63, 3.8) is 0 Å². The van der Waals surface area contributed by atoms with Gasteiger partial charge in [0.1, 0.15) is 23.0 Å². The van der Waals surface area contributed by atoms with Crippen molar-refractivity contribution in [2.75, 3.05) is 32.6 Å². The zero-order chi connectivity index (χ0) is 30.2. The number of rotatable bonds is 8. The summed E-state index contributed by atoms with van der Waals surface area (Å²) in [7, 11) is 3.31. The Morgan fingerprint density at radius 1 is 1.00 bits per heavy atom. The number of likely N-dealkylation sites (tertiary alicyclic amines) is 1. The number of aryl methyl sites for hydroxylation is 1. The third-order valence-electron chi connectivity index (χ3n) is 8.64. The molecule has 1 saturated heterocycles. The number of ether oxygens (including phenoxy) is 3. The van der Waals surface area contributed by atoms with Crippen LogP contribution >= 0.6 is 0 Å². The van der Waals surface area contributed by atoms with Crippen molar-refractivity contribution in [2.24, 2.45) is 0 Å². The summed E-state index contributed by atoms with van der Waals surface area (Å²) < 4.78 is 23.5. The normalized spacial score (nSPS) is 16.2. The van der Waals surface area contributed by atoms with Crippen molar-refractivity contribution in [3.05, 3.63) is 54.0 Å². The lowest BCUT2D eigenvalue weighted by Gasteiger charge is -2.31. The molecule has 1 aliphatic heterocycles. The Kier molecular flexibility index (Phi) is 7.55. The molecule has 0 atom stereocenters. The standard InChI is InChI=1S/C33H36N6O5/c1-19-35-26-10-8-20(16-28(26)43-19)24-18-34-30-29(24)31(44-23-6-4-5-7-23)38-33(37-30)36-25-11-9-21(17-27(25)42-3)32(40)39-14-12-22(41-2)13-15-39/h8-11,16-18,22-23H,4-7,12-15H2,1-3H3,(H2,34,36,37,38). The van der Waals surface area contributed by atoms with Crippen molar-refractivity contribution in [1.29, 1.82) is 0 Å². The molecule has 44 heavy (non-hydrogen) atoms. The van der Waals surface area contributed by atoms with E-state index in [1.807, 2.05) is 42.3 Å². The second-order valence-corrected chi connectivity index (χ2v) is 11.5. The number of nitrogens with one attached hydrogen (secondary N) is 2. The Balaban J connectivity index is 1.20. The van der Waals surface area contributed by atoms with Crippen molar-refractivity contribution < 1.29 is 23.4 Å². The van der Waals surface area contributed by atoms with Gasteiger partial charge in [-0.05, 0) is 74.4 Å². The van der Waals surface area contributed by atoms with E-state index >= 15 is 0 Å². The lowest BCUT2D eigenvalue weighted by Crippen LogP contribution is -2.40. The minimum Gasteiger partial charge on any atom is -0.495 e. The first kappa shape index (κ1) is 28.1.